The van der Waals surface area contributed by atoms with Crippen LogP contribution in [0.1, 0.15) is 27.6 Å². The largest absolute Gasteiger partial charge is 0.387 e. The Kier molecular flexibility index (Phi) is 10.1. The van der Waals surface area contributed by atoms with E-state index in [9.17, 15) is 18.3 Å². The summed E-state index contributed by atoms with van der Waals surface area (Å²) in [4.78, 5) is 13.8. The summed E-state index contributed by atoms with van der Waals surface area (Å²) in [6.45, 7) is 1.01. The number of hydrogen-bond acceptors (Lipinski definition) is 5. The van der Waals surface area contributed by atoms with Crippen LogP contribution in [0.25, 0.3) is 0 Å². The van der Waals surface area contributed by atoms with Gasteiger partial charge in [-0.2, -0.15) is 0 Å². The maximum Gasteiger partial charge on any atom is 0.253 e. The van der Waals surface area contributed by atoms with Crippen molar-refractivity contribution in [2.75, 3.05) is 27.2 Å². The van der Waals surface area contributed by atoms with Crippen molar-refractivity contribution in [1.82, 2.24) is 10.2 Å². The molecule has 0 aliphatic rings. The van der Waals surface area contributed by atoms with E-state index in [0.29, 0.717) is 30.1 Å². The van der Waals surface area contributed by atoms with Crippen LogP contribution < -0.4 is 5.32 Å². The van der Waals surface area contributed by atoms with E-state index in [-0.39, 0.29) is 28.1 Å². The molecule has 1 amide bonds. The van der Waals surface area contributed by atoms with Crippen molar-refractivity contribution in [3.63, 3.8) is 0 Å². The van der Waals surface area contributed by atoms with Gasteiger partial charge in [0.2, 0.25) is 9.84 Å². The Hall–Kier alpha value is -2.42. The minimum atomic E-state index is -3.74. The fraction of sp³-hybridized carbons (Fsp3) is 0.240. The number of halogens is 2. The van der Waals surface area contributed by atoms with Gasteiger partial charge in [0.15, 0.2) is 0 Å². The van der Waals surface area contributed by atoms with E-state index in [4.69, 9.17) is 11.6 Å². The van der Waals surface area contributed by atoms with E-state index < -0.39 is 15.9 Å². The lowest BCUT2D eigenvalue weighted by Crippen LogP contribution is -2.23. The number of hydrogen-bond donors (Lipinski definition) is 2. The van der Waals surface area contributed by atoms with Crippen LogP contribution in [0, 0.1) is 0 Å². The molecule has 34 heavy (non-hydrogen) atoms. The highest BCUT2D eigenvalue weighted by Crippen LogP contribution is 2.23. The van der Waals surface area contributed by atoms with Crippen molar-refractivity contribution in [2.24, 2.45) is 0 Å². The normalized spacial score (nSPS) is 12.0. The number of aliphatic hydroxyl groups is 1. The lowest BCUT2D eigenvalue weighted by molar-refractivity contribution is 0.0827. The highest BCUT2D eigenvalue weighted by atomic mass is 35.5. The molecule has 0 aliphatic heterocycles. The molecule has 3 aromatic rings. The molecule has 0 aliphatic carbocycles. The van der Waals surface area contributed by atoms with Crippen molar-refractivity contribution in [3.8, 4) is 0 Å². The molecule has 0 unspecified atom stereocenters. The number of benzene rings is 3. The van der Waals surface area contributed by atoms with Crippen LogP contribution in [-0.4, -0.2) is 51.5 Å². The first-order valence-corrected chi connectivity index (χ1v) is 12.3. The highest BCUT2D eigenvalue weighted by molar-refractivity contribution is 7.91. The summed E-state index contributed by atoms with van der Waals surface area (Å²) >= 11 is 5.96. The molecule has 3 aromatic carbocycles. The number of nitrogens with zero attached hydrogens (tertiary/aromatic N) is 1. The number of carbonyl (C=O) groups excluding carboxylic acids is 1. The second-order valence-corrected chi connectivity index (χ2v) is 10.3. The minimum Gasteiger partial charge on any atom is -0.387 e. The van der Waals surface area contributed by atoms with E-state index >= 15 is 0 Å². The van der Waals surface area contributed by atoms with E-state index in [1.807, 2.05) is 6.07 Å². The third-order valence-corrected chi connectivity index (χ3v) is 7.20. The molecule has 0 fully saturated rings. The third-order valence-electron chi connectivity index (χ3n) is 5.19. The topological polar surface area (TPSA) is 86.7 Å². The van der Waals surface area contributed by atoms with Crippen LogP contribution in [0.4, 0.5) is 0 Å². The molecule has 0 radical (unpaired) electrons. The van der Waals surface area contributed by atoms with Crippen LogP contribution in [0.15, 0.2) is 82.6 Å². The molecule has 0 saturated heterocycles. The summed E-state index contributed by atoms with van der Waals surface area (Å²) in [5.74, 6) is -0.254. The quantitative estimate of drug-likeness (QED) is 0.412. The zero-order chi connectivity index (χ0) is 24.0. The Labute approximate surface area is 211 Å². The standard InChI is InChI=1S/C25H27ClN2O4S.ClH/c1-28(2)25(30)20-6-4-8-23(16-20)33(31,32)22-11-9-18(10-12-22)13-14-27-17-24(29)19-5-3-7-21(26)15-19;/h3-12,15-16,24,27,29H,13-14,17H2,1-2H3;1H/t24-;/m1./s1. The molecule has 0 heterocycles. The molecule has 2 N–H and O–H groups in total. The fourth-order valence-corrected chi connectivity index (χ4v) is 4.83. The zero-order valence-corrected chi connectivity index (χ0v) is 21.3. The number of carbonyl (C=O) groups is 1. The summed E-state index contributed by atoms with van der Waals surface area (Å²) in [6.07, 6.45) is 0.0152. The molecule has 0 aromatic heterocycles. The third kappa shape index (κ3) is 7.04. The lowest BCUT2D eigenvalue weighted by Gasteiger charge is -2.13. The predicted octanol–water partition coefficient (Wildman–Crippen LogP) is 4.16. The molecule has 3 rings (SSSR count). The van der Waals surface area contributed by atoms with Crippen LogP contribution in [0.3, 0.4) is 0 Å². The summed E-state index contributed by atoms with van der Waals surface area (Å²) in [5.41, 5.74) is 2.04. The molecule has 1 atom stereocenters. The first-order chi connectivity index (χ1) is 15.7. The van der Waals surface area contributed by atoms with Crippen molar-refractivity contribution in [3.05, 3.63) is 94.5 Å². The SMILES string of the molecule is CN(C)C(=O)c1cccc(S(=O)(=O)c2ccc(CCNC[C@@H](O)c3cccc(Cl)c3)cc2)c1.Cl. The van der Waals surface area contributed by atoms with E-state index in [1.165, 1.54) is 17.0 Å². The lowest BCUT2D eigenvalue weighted by atomic mass is 10.1. The summed E-state index contributed by atoms with van der Waals surface area (Å²) in [5, 5.41) is 14.0. The molecule has 0 saturated carbocycles. The van der Waals surface area contributed by atoms with Gasteiger partial charge < -0.3 is 15.3 Å². The molecule has 9 heteroatoms. The summed E-state index contributed by atoms with van der Waals surface area (Å²) < 4.78 is 26.0. The van der Waals surface area contributed by atoms with Gasteiger partial charge in [-0.25, -0.2) is 8.42 Å². The maximum atomic E-state index is 13.0. The second kappa shape index (κ2) is 12.3. The van der Waals surface area contributed by atoms with Gasteiger partial charge in [-0.1, -0.05) is 41.9 Å². The Morgan fingerprint density at radius 2 is 1.68 bits per heavy atom. The minimum absolute atomic E-state index is 0. The number of nitrogens with one attached hydrogen (secondary N) is 1. The monoisotopic (exact) mass is 522 g/mol. The molecule has 0 spiro atoms. The van der Waals surface area contributed by atoms with E-state index in [2.05, 4.69) is 5.32 Å². The van der Waals surface area contributed by atoms with E-state index in [1.54, 1.807) is 68.7 Å². The predicted molar refractivity (Wildman–Crippen MR) is 137 cm³/mol. The molecule has 182 valence electrons. The average Bonchev–Trinajstić information content (AvgIpc) is 2.81. The molecular formula is C25H28Cl2N2O4S. The Balaban J connectivity index is 0.00000408. The van der Waals surface area contributed by atoms with Gasteiger partial charge in [0.1, 0.15) is 0 Å². The number of aliphatic hydroxyl groups excluding tert-OH is 1. The number of sulfone groups is 1. The van der Waals surface area contributed by atoms with Crippen LogP contribution in [0.2, 0.25) is 5.02 Å². The van der Waals surface area contributed by atoms with Crippen molar-refractivity contribution in [2.45, 2.75) is 22.3 Å². The van der Waals surface area contributed by atoms with Crippen molar-refractivity contribution >= 4 is 39.8 Å². The first kappa shape index (κ1) is 27.8. The Bertz CT molecular complexity index is 1220. The van der Waals surface area contributed by atoms with Gasteiger partial charge in [0.25, 0.3) is 5.91 Å². The molecule has 0 bridgehead atoms. The van der Waals surface area contributed by atoms with Crippen molar-refractivity contribution < 1.29 is 18.3 Å². The Morgan fingerprint density at radius 3 is 2.32 bits per heavy atom. The molecule has 6 nitrogen and oxygen atoms in total. The van der Waals surface area contributed by atoms with Crippen LogP contribution in [0.5, 0.6) is 0 Å². The zero-order valence-electron chi connectivity index (χ0n) is 18.9. The van der Waals surface area contributed by atoms with Crippen molar-refractivity contribution in [1.29, 1.82) is 0 Å². The number of rotatable bonds is 9. The summed E-state index contributed by atoms with van der Waals surface area (Å²) in [7, 11) is -0.498. The summed E-state index contributed by atoms with van der Waals surface area (Å²) in [6, 6.07) is 19.9. The molecular weight excluding hydrogens is 495 g/mol. The number of amides is 1. The van der Waals surface area contributed by atoms with Crippen LogP contribution >= 0.6 is 24.0 Å². The Morgan fingerprint density at radius 1 is 1.00 bits per heavy atom. The second-order valence-electron chi connectivity index (χ2n) is 7.90. The maximum absolute atomic E-state index is 13.0. The van der Waals surface area contributed by atoms with Gasteiger partial charge in [-0.15, -0.1) is 12.4 Å². The highest BCUT2D eigenvalue weighted by Gasteiger charge is 2.19. The van der Waals surface area contributed by atoms with Crippen LogP contribution in [-0.2, 0) is 16.3 Å². The van der Waals surface area contributed by atoms with Gasteiger partial charge in [-0.3, -0.25) is 4.79 Å². The van der Waals surface area contributed by atoms with Gasteiger partial charge in [0.05, 0.1) is 15.9 Å². The smallest absolute Gasteiger partial charge is 0.253 e. The van der Waals surface area contributed by atoms with Gasteiger partial charge >= 0.3 is 0 Å². The average molecular weight is 523 g/mol. The van der Waals surface area contributed by atoms with Gasteiger partial charge in [-0.05, 0) is 66.6 Å². The first-order valence-electron chi connectivity index (χ1n) is 10.5. The van der Waals surface area contributed by atoms with Gasteiger partial charge in [0, 0.05) is 31.2 Å². The van der Waals surface area contributed by atoms with E-state index in [0.717, 1.165) is 11.1 Å². The fourth-order valence-electron chi connectivity index (χ4n) is 3.33.